The lowest BCUT2D eigenvalue weighted by Gasteiger charge is -2.18. The largest absolute Gasteiger partial charge is 0.309 e. The summed E-state index contributed by atoms with van der Waals surface area (Å²) in [5.74, 6) is -0.169. The zero-order valence-electron chi connectivity index (χ0n) is 10.8. The molecule has 0 aliphatic rings. The predicted octanol–water partition coefficient (Wildman–Crippen LogP) is 4.93. The van der Waals surface area contributed by atoms with E-state index in [2.05, 4.69) is 39.6 Å². The molecule has 102 valence electrons. The number of halogens is 2. The van der Waals surface area contributed by atoms with E-state index in [1.54, 1.807) is 23.5 Å². The zero-order valence-corrected chi connectivity index (χ0v) is 13.2. The third kappa shape index (κ3) is 4.13. The monoisotopic (exact) mass is 341 g/mol. The van der Waals surface area contributed by atoms with E-state index in [1.807, 2.05) is 6.07 Å². The minimum absolute atomic E-state index is 0.169. The molecule has 1 N–H and O–H groups in total. The van der Waals surface area contributed by atoms with Gasteiger partial charge in [0.1, 0.15) is 5.82 Å². The van der Waals surface area contributed by atoms with Crippen LogP contribution >= 0.6 is 27.3 Å². The Bertz CT molecular complexity index is 526. The standard InChI is InChI=1S/C15H17BrFNS/c1-2-7-18-14(15-13(16)6-8-19-15)10-11-4-3-5-12(17)9-11/h3-6,8-9,14,18H,2,7,10H2,1H3. The first-order valence-electron chi connectivity index (χ1n) is 6.41. The molecule has 1 aromatic heterocycles. The summed E-state index contributed by atoms with van der Waals surface area (Å²) < 4.78 is 14.4. The summed E-state index contributed by atoms with van der Waals surface area (Å²) in [7, 11) is 0. The van der Waals surface area contributed by atoms with Gasteiger partial charge in [-0.3, -0.25) is 0 Å². The molecule has 4 heteroatoms. The van der Waals surface area contributed by atoms with E-state index in [4.69, 9.17) is 0 Å². The molecular formula is C15H17BrFNS. The molecular weight excluding hydrogens is 325 g/mol. The Balaban J connectivity index is 2.16. The summed E-state index contributed by atoms with van der Waals surface area (Å²) in [6, 6.07) is 9.14. The molecule has 0 fully saturated rings. The van der Waals surface area contributed by atoms with E-state index in [0.29, 0.717) is 0 Å². The summed E-state index contributed by atoms with van der Waals surface area (Å²) in [5, 5.41) is 5.61. The van der Waals surface area contributed by atoms with Gasteiger partial charge in [-0.2, -0.15) is 0 Å². The van der Waals surface area contributed by atoms with Gasteiger partial charge < -0.3 is 5.32 Å². The second-order valence-corrected chi connectivity index (χ2v) is 6.28. The highest BCUT2D eigenvalue weighted by Gasteiger charge is 2.16. The van der Waals surface area contributed by atoms with Crippen LogP contribution < -0.4 is 5.32 Å². The molecule has 1 unspecified atom stereocenters. The van der Waals surface area contributed by atoms with Crippen LogP contribution in [0.3, 0.4) is 0 Å². The third-order valence-electron chi connectivity index (χ3n) is 2.93. The Morgan fingerprint density at radius 2 is 2.21 bits per heavy atom. The Labute approximate surface area is 126 Å². The van der Waals surface area contributed by atoms with E-state index in [-0.39, 0.29) is 11.9 Å². The SMILES string of the molecule is CCCNC(Cc1cccc(F)c1)c1sccc1Br. The van der Waals surface area contributed by atoms with Gasteiger partial charge >= 0.3 is 0 Å². The number of thiophene rings is 1. The summed E-state index contributed by atoms with van der Waals surface area (Å²) in [6.07, 6.45) is 1.89. The van der Waals surface area contributed by atoms with Crippen LogP contribution in [0.2, 0.25) is 0 Å². The molecule has 1 aromatic carbocycles. The lowest BCUT2D eigenvalue weighted by atomic mass is 10.0. The Hall–Kier alpha value is -0.710. The van der Waals surface area contributed by atoms with Crippen molar-refractivity contribution in [2.75, 3.05) is 6.54 Å². The summed E-state index contributed by atoms with van der Waals surface area (Å²) in [4.78, 5) is 1.28. The first-order valence-corrected chi connectivity index (χ1v) is 8.08. The van der Waals surface area contributed by atoms with Crippen molar-refractivity contribution < 1.29 is 4.39 Å². The van der Waals surface area contributed by atoms with Gasteiger partial charge in [-0.05, 0) is 64.5 Å². The van der Waals surface area contributed by atoms with E-state index in [9.17, 15) is 4.39 Å². The second kappa shape index (κ2) is 7.17. The highest BCUT2D eigenvalue weighted by Crippen LogP contribution is 2.31. The molecule has 0 bridgehead atoms. The summed E-state index contributed by atoms with van der Waals surface area (Å²) in [6.45, 7) is 3.11. The highest BCUT2D eigenvalue weighted by molar-refractivity contribution is 9.10. The fourth-order valence-electron chi connectivity index (χ4n) is 2.03. The number of hydrogen-bond donors (Lipinski definition) is 1. The molecule has 0 saturated carbocycles. The summed E-state index contributed by atoms with van der Waals surface area (Å²) >= 11 is 5.31. The molecule has 1 heterocycles. The Kier molecular flexibility index (Phi) is 5.55. The maximum absolute atomic E-state index is 13.3. The van der Waals surface area contributed by atoms with Crippen molar-refractivity contribution in [2.24, 2.45) is 0 Å². The van der Waals surface area contributed by atoms with Crippen LogP contribution in [0.5, 0.6) is 0 Å². The second-order valence-electron chi connectivity index (χ2n) is 4.47. The lowest BCUT2D eigenvalue weighted by molar-refractivity contribution is 0.533. The van der Waals surface area contributed by atoms with Gasteiger partial charge in [0.25, 0.3) is 0 Å². The molecule has 2 rings (SSSR count). The quantitative estimate of drug-likeness (QED) is 0.785. The van der Waals surface area contributed by atoms with Crippen LogP contribution in [0.4, 0.5) is 4.39 Å². The maximum Gasteiger partial charge on any atom is 0.123 e. The molecule has 0 aliphatic heterocycles. The van der Waals surface area contributed by atoms with Crippen molar-refractivity contribution in [1.82, 2.24) is 5.32 Å². The molecule has 1 nitrogen and oxygen atoms in total. The van der Waals surface area contributed by atoms with Gasteiger partial charge in [0.05, 0.1) is 0 Å². The first-order chi connectivity index (χ1) is 9.20. The van der Waals surface area contributed by atoms with Crippen molar-refractivity contribution in [3.05, 3.63) is 56.4 Å². The molecule has 0 amide bonds. The van der Waals surface area contributed by atoms with E-state index in [0.717, 1.165) is 29.4 Å². The number of nitrogens with one attached hydrogen (secondary N) is 1. The third-order valence-corrected chi connectivity index (χ3v) is 4.92. The smallest absolute Gasteiger partial charge is 0.123 e. The average Bonchev–Trinajstić information content (AvgIpc) is 2.81. The van der Waals surface area contributed by atoms with Crippen LogP contribution in [-0.2, 0) is 6.42 Å². The Morgan fingerprint density at radius 3 is 2.84 bits per heavy atom. The minimum atomic E-state index is -0.169. The van der Waals surface area contributed by atoms with Crippen molar-refractivity contribution in [1.29, 1.82) is 0 Å². The fraction of sp³-hybridized carbons (Fsp3) is 0.333. The van der Waals surface area contributed by atoms with Crippen molar-refractivity contribution >= 4 is 27.3 Å². The molecule has 2 aromatic rings. The van der Waals surface area contributed by atoms with Crippen LogP contribution in [0.25, 0.3) is 0 Å². The first kappa shape index (κ1) is 14.7. The van der Waals surface area contributed by atoms with E-state index >= 15 is 0 Å². The van der Waals surface area contributed by atoms with E-state index < -0.39 is 0 Å². The average molecular weight is 342 g/mol. The van der Waals surface area contributed by atoms with Crippen LogP contribution in [0.15, 0.2) is 40.2 Å². The predicted molar refractivity (Wildman–Crippen MR) is 83.2 cm³/mol. The fourth-order valence-corrected chi connectivity index (χ4v) is 3.76. The topological polar surface area (TPSA) is 12.0 Å². The lowest BCUT2D eigenvalue weighted by Crippen LogP contribution is -2.23. The minimum Gasteiger partial charge on any atom is -0.309 e. The Morgan fingerprint density at radius 1 is 1.37 bits per heavy atom. The maximum atomic E-state index is 13.3. The van der Waals surface area contributed by atoms with Gasteiger partial charge in [0.2, 0.25) is 0 Å². The van der Waals surface area contributed by atoms with Crippen molar-refractivity contribution in [2.45, 2.75) is 25.8 Å². The number of rotatable bonds is 6. The molecule has 1 atom stereocenters. The van der Waals surface area contributed by atoms with E-state index in [1.165, 1.54) is 10.9 Å². The molecule has 0 radical (unpaired) electrons. The van der Waals surface area contributed by atoms with Crippen LogP contribution in [0, 0.1) is 5.82 Å². The van der Waals surface area contributed by atoms with Crippen molar-refractivity contribution in [3.63, 3.8) is 0 Å². The van der Waals surface area contributed by atoms with Crippen LogP contribution in [-0.4, -0.2) is 6.54 Å². The van der Waals surface area contributed by atoms with Gasteiger partial charge in [-0.15, -0.1) is 11.3 Å². The van der Waals surface area contributed by atoms with Crippen LogP contribution in [0.1, 0.15) is 29.8 Å². The van der Waals surface area contributed by atoms with Crippen molar-refractivity contribution in [3.8, 4) is 0 Å². The number of benzene rings is 1. The zero-order chi connectivity index (χ0) is 13.7. The van der Waals surface area contributed by atoms with Gasteiger partial charge in [-0.1, -0.05) is 19.1 Å². The van der Waals surface area contributed by atoms with Gasteiger partial charge in [0.15, 0.2) is 0 Å². The van der Waals surface area contributed by atoms with Gasteiger partial charge in [0, 0.05) is 15.4 Å². The van der Waals surface area contributed by atoms with Gasteiger partial charge in [-0.25, -0.2) is 4.39 Å². The molecule has 0 saturated heterocycles. The molecule has 0 spiro atoms. The normalized spacial score (nSPS) is 12.6. The summed E-state index contributed by atoms with van der Waals surface area (Å²) in [5.41, 5.74) is 1.02. The molecule has 19 heavy (non-hydrogen) atoms. The highest BCUT2D eigenvalue weighted by atomic mass is 79.9. The number of hydrogen-bond acceptors (Lipinski definition) is 2. The molecule has 0 aliphatic carbocycles.